The van der Waals surface area contributed by atoms with Crippen molar-refractivity contribution in [2.75, 3.05) is 19.7 Å². The van der Waals surface area contributed by atoms with Crippen LogP contribution in [0.15, 0.2) is 18.2 Å². The fourth-order valence-corrected chi connectivity index (χ4v) is 3.76. The molecule has 3 rings (SSSR count). The third-order valence-electron chi connectivity index (χ3n) is 5.01. The molecule has 0 spiro atoms. The molecule has 1 saturated heterocycles. The van der Waals surface area contributed by atoms with Crippen LogP contribution in [-0.2, 0) is 4.79 Å². The van der Waals surface area contributed by atoms with E-state index in [1.807, 2.05) is 36.9 Å². The highest BCUT2D eigenvalue weighted by molar-refractivity contribution is 5.85. The molecule has 2 fully saturated rings. The first-order chi connectivity index (χ1) is 10.1. The van der Waals surface area contributed by atoms with Gasteiger partial charge in [-0.2, -0.15) is 0 Å². The van der Waals surface area contributed by atoms with Gasteiger partial charge in [0.05, 0.1) is 0 Å². The van der Waals surface area contributed by atoms with Gasteiger partial charge in [0.1, 0.15) is 5.75 Å². The molecule has 1 aliphatic heterocycles. The number of carbonyl (C=O) groups excluding carboxylic acids is 1. The first kappa shape index (κ1) is 17.1. The summed E-state index contributed by atoms with van der Waals surface area (Å²) < 4.78 is 5.77. The molecule has 3 atom stereocenters. The van der Waals surface area contributed by atoms with Crippen molar-refractivity contribution in [2.45, 2.75) is 32.7 Å². The van der Waals surface area contributed by atoms with E-state index in [0.717, 1.165) is 42.8 Å². The zero-order chi connectivity index (χ0) is 15.0. The summed E-state index contributed by atoms with van der Waals surface area (Å²) in [7, 11) is 0. The molecule has 1 amide bonds. The Morgan fingerprint density at radius 2 is 1.95 bits per heavy atom. The lowest BCUT2D eigenvalue weighted by Crippen LogP contribution is -2.36. The van der Waals surface area contributed by atoms with Crippen molar-refractivity contribution in [2.24, 2.45) is 17.6 Å². The van der Waals surface area contributed by atoms with Crippen LogP contribution in [0.3, 0.4) is 0 Å². The van der Waals surface area contributed by atoms with Crippen LogP contribution in [0.1, 0.15) is 24.0 Å². The molecular formula is C17H25ClN2O2. The molecular weight excluding hydrogens is 300 g/mol. The number of ether oxygens (including phenoxy) is 1. The summed E-state index contributed by atoms with van der Waals surface area (Å²) in [5, 5.41) is 0. The lowest BCUT2D eigenvalue weighted by Gasteiger charge is -2.19. The maximum absolute atomic E-state index is 12.3. The maximum Gasteiger partial charge on any atom is 0.260 e. The molecule has 1 aromatic rings. The number of hydrogen-bond donors (Lipinski definition) is 1. The van der Waals surface area contributed by atoms with Crippen LogP contribution in [-0.4, -0.2) is 36.5 Å². The molecule has 3 unspecified atom stereocenters. The molecule has 5 heteroatoms. The van der Waals surface area contributed by atoms with Crippen molar-refractivity contribution < 1.29 is 9.53 Å². The Morgan fingerprint density at radius 3 is 2.59 bits per heavy atom. The molecule has 2 N–H and O–H groups in total. The standard InChI is InChI=1S/C17H24N2O2.ClH/c1-11-4-3-5-12(2)17(11)21-10-16(20)19-8-13-6-7-15(18)14(13)9-19;/h3-5,13-15H,6-10,18H2,1-2H3;1H. The molecule has 0 aromatic heterocycles. The summed E-state index contributed by atoms with van der Waals surface area (Å²) >= 11 is 0. The van der Waals surface area contributed by atoms with Crippen molar-refractivity contribution in [3.05, 3.63) is 29.3 Å². The number of carbonyl (C=O) groups is 1. The minimum atomic E-state index is 0. The van der Waals surface area contributed by atoms with E-state index in [-0.39, 0.29) is 31.0 Å². The summed E-state index contributed by atoms with van der Waals surface area (Å²) in [6, 6.07) is 6.29. The number of hydrogen-bond acceptors (Lipinski definition) is 3. The number of nitrogens with two attached hydrogens (primary N) is 1. The minimum absolute atomic E-state index is 0. The van der Waals surface area contributed by atoms with Gasteiger partial charge in [0.15, 0.2) is 6.61 Å². The highest BCUT2D eigenvalue weighted by Gasteiger charge is 2.42. The van der Waals surface area contributed by atoms with Crippen molar-refractivity contribution in [1.29, 1.82) is 0 Å². The fourth-order valence-electron chi connectivity index (χ4n) is 3.76. The average molecular weight is 325 g/mol. The van der Waals surface area contributed by atoms with Crippen molar-refractivity contribution in [3.8, 4) is 5.75 Å². The largest absolute Gasteiger partial charge is 0.483 e. The Labute approximate surface area is 138 Å². The normalized spacial score (nSPS) is 26.5. The Bertz CT molecular complexity index is 529. The summed E-state index contributed by atoms with van der Waals surface area (Å²) in [6.07, 6.45) is 2.27. The topological polar surface area (TPSA) is 55.6 Å². The van der Waals surface area contributed by atoms with Crippen LogP contribution < -0.4 is 10.5 Å². The van der Waals surface area contributed by atoms with E-state index >= 15 is 0 Å². The van der Waals surface area contributed by atoms with Gasteiger partial charge in [0.2, 0.25) is 0 Å². The molecule has 1 heterocycles. The number of rotatable bonds is 3. The van der Waals surface area contributed by atoms with Crippen molar-refractivity contribution in [3.63, 3.8) is 0 Å². The highest BCUT2D eigenvalue weighted by Crippen LogP contribution is 2.37. The number of likely N-dealkylation sites (tertiary alicyclic amines) is 1. The van der Waals surface area contributed by atoms with E-state index in [0.29, 0.717) is 11.8 Å². The van der Waals surface area contributed by atoms with Gasteiger partial charge in [-0.15, -0.1) is 12.4 Å². The molecule has 22 heavy (non-hydrogen) atoms. The highest BCUT2D eigenvalue weighted by atomic mass is 35.5. The molecule has 1 aliphatic carbocycles. The summed E-state index contributed by atoms with van der Waals surface area (Å²) in [6.45, 7) is 5.80. The predicted molar refractivity (Wildman–Crippen MR) is 89.4 cm³/mol. The fraction of sp³-hybridized carbons (Fsp3) is 0.588. The van der Waals surface area contributed by atoms with Gasteiger partial charge in [-0.05, 0) is 49.7 Å². The second-order valence-corrected chi connectivity index (χ2v) is 6.47. The summed E-state index contributed by atoms with van der Waals surface area (Å²) in [5.41, 5.74) is 8.26. The van der Waals surface area contributed by atoms with Crippen molar-refractivity contribution >= 4 is 18.3 Å². The third kappa shape index (κ3) is 3.23. The van der Waals surface area contributed by atoms with Crippen LogP contribution >= 0.6 is 12.4 Å². The van der Waals surface area contributed by atoms with E-state index in [4.69, 9.17) is 10.5 Å². The van der Waals surface area contributed by atoms with Gasteiger partial charge in [-0.3, -0.25) is 4.79 Å². The maximum atomic E-state index is 12.3. The third-order valence-corrected chi connectivity index (χ3v) is 5.01. The molecule has 122 valence electrons. The smallest absolute Gasteiger partial charge is 0.260 e. The number of aryl methyl sites for hydroxylation is 2. The van der Waals surface area contributed by atoms with Crippen LogP contribution in [0, 0.1) is 25.7 Å². The van der Waals surface area contributed by atoms with Gasteiger partial charge in [-0.1, -0.05) is 18.2 Å². The number of amides is 1. The SMILES string of the molecule is Cc1cccc(C)c1OCC(=O)N1CC2CCC(N)C2C1.Cl. The quantitative estimate of drug-likeness (QED) is 0.928. The Balaban J connectivity index is 0.00000176. The first-order valence-electron chi connectivity index (χ1n) is 7.78. The van der Waals surface area contributed by atoms with Gasteiger partial charge in [0, 0.05) is 19.1 Å². The molecule has 0 radical (unpaired) electrons. The summed E-state index contributed by atoms with van der Waals surface area (Å²) in [5.74, 6) is 2.01. The number of para-hydroxylation sites is 1. The lowest BCUT2D eigenvalue weighted by atomic mass is 9.98. The van der Waals surface area contributed by atoms with Crippen LogP contribution in [0.25, 0.3) is 0 Å². The second kappa shape index (κ2) is 6.88. The second-order valence-electron chi connectivity index (χ2n) is 6.47. The van der Waals surface area contributed by atoms with Crippen molar-refractivity contribution in [1.82, 2.24) is 4.90 Å². The van der Waals surface area contributed by atoms with Crippen LogP contribution in [0.5, 0.6) is 5.75 Å². The molecule has 4 nitrogen and oxygen atoms in total. The lowest BCUT2D eigenvalue weighted by molar-refractivity contribution is -0.132. The van der Waals surface area contributed by atoms with E-state index in [1.165, 1.54) is 0 Å². The monoisotopic (exact) mass is 324 g/mol. The Morgan fingerprint density at radius 1 is 1.27 bits per heavy atom. The predicted octanol–water partition coefficient (Wildman–Crippen LogP) is 2.30. The van der Waals surface area contributed by atoms with E-state index in [9.17, 15) is 4.79 Å². The van der Waals surface area contributed by atoms with Crippen LogP contribution in [0.2, 0.25) is 0 Å². The number of benzene rings is 1. The van der Waals surface area contributed by atoms with E-state index in [1.54, 1.807) is 0 Å². The molecule has 1 saturated carbocycles. The zero-order valence-corrected chi connectivity index (χ0v) is 14.1. The van der Waals surface area contributed by atoms with E-state index < -0.39 is 0 Å². The number of nitrogens with zero attached hydrogens (tertiary/aromatic N) is 1. The number of fused-ring (bicyclic) bond motifs is 1. The zero-order valence-electron chi connectivity index (χ0n) is 13.2. The van der Waals surface area contributed by atoms with E-state index in [2.05, 4.69) is 0 Å². The van der Waals surface area contributed by atoms with Gasteiger partial charge < -0.3 is 15.4 Å². The number of halogens is 1. The van der Waals surface area contributed by atoms with Gasteiger partial charge in [-0.25, -0.2) is 0 Å². The van der Waals surface area contributed by atoms with Gasteiger partial charge >= 0.3 is 0 Å². The Hall–Kier alpha value is -1.26. The minimum Gasteiger partial charge on any atom is -0.483 e. The average Bonchev–Trinajstić information content (AvgIpc) is 3.01. The first-order valence-corrected chi connectivity index (χ1v) is 7.78. The summed E-state index contributed by atoms with van der Waals surface area (Å²) in [4.78, 5) is 14.3. The molecule has 0 bridgehead atoms. The molecule has 2 aliphatic rings. The van der Waals surface area contributed by atoms with Gasteiger partial charge in [0.25, 0.3) is 5.91 Å². The molecule has 1 aromatic carbocycles. The van der Waals surface area contributed by atoms with Crippen LogP contribution in [0.4, 0.5) is 0 Å². The Kier molecular flexibility index (Phi) is 5.35.